The van der Waals surface area contributed by atoms with Crippen LogP contribution in [0.15, 0.2) is 24.3 Å². The Morgan fingerprint density at radius 3 is 2.29 bits per heavy atom. The number of halogens is 2. The molecule has 0 bridgehead atoms. The van der Waals surface area contributed by atoms with Gasteiger partial charge in [-0.15, -0.1) is 0 Å². The minimum atomic E-state index is -3.02. The van der Waals surface area contributed by atoms with E-state index in [1.54, 1.807) is 12.1 Å². The third kappa shape index (κ3) is 3.75. The predicted octanol–water partition coefficient (Wildman–Crippen LogP) is 2.31. The maximum Gasteiger partial charge on any atom is 0.148 e. The van der Waals surface area contributed by atoms with Crippen molar-refractivity contribution < 1.29 is 12.8 Å². The number of rotatable bonds is 3. The maximum absolute atomic E-state index is 12.6. The molecule has 0 aliphatic carbocycles. The highest BCUT2D eigenvalue weighted by molar-refractivity contribution is 9.09. The summed E-state index contributed by atoms with van der Waals surface area (Å²) in [5.74, 6) is -0.314. The number of benzene rings is 1. The van der Waals surface area contributed by atoms with Crippen molar-refractivity contribution in [1.82, 2.24) is 0 Å². The standard InChI is InChI=1S/C9H10BrFO2S/c1-14(12,13)6-9(10)7-2-4-8(11)5-3-7/h2-5,9H,6H2,1H3. The first-order valence-corrected chi connectivity index (χ1v) is 6.93. The molecule has 5 heteroatoms. The van der Waals surface area contributed by atoms with Crippen LogP contribution >= 0.6 is 15.9 Å². The fraction of sp³-hybridized carbons (Fsp3) is 0.333. The van der Waals surface area contributed by atoms with Crippen LogP contribution in [-0.4, -0.2) is 20.4 Å². The van der Waals surface area contributed by atoms with Crippen molar-refractivity contribution in [2.24, 2.45) is 0 Å². The van der Waals surface area contributed by atoms with E-state index in [9.17, 15) is 12.8 Å². The van der Waals surface area contributed by atoms with Crippen LogP contribution in [0.5, 0.6) is 0 Å². The minimum Gasteiger partial charge on any atom is -0.229 e. The monoisotopic (exact) mass is 280 g/mol. The molecule has 0 aliphatic heterocycles. The van der Waals surface area contributed by atoms with Gasteiger partial charge in [-0.2, -0.15) is 0 Å². The number of hydrogen-bond acceptors (Lipinski definition) is 2. The highest BCUT2D eigenvalue weighted by Crippen LogP contribution is 2.24. The lowest BCUT2D eigenvalue weighted by molar-refractivity contribution is 0.601. The molecule has 0 saturated heterocycles. The molecular weight excluding hydrogens is 271 g/mol. The van der Waals surface area contributed by atoms with E-state index in [0.717, 1.165) is 5.56 Å². The van der Waals surface area contributed by atoms with Crippen LogP contribution < -0.4 is 0 Å². The lowest BCUT2D eigenvalue weighted by Crippen LogP contribution is -2.08. The van der Waals surface area contributed by atoms with Gasteiger partial charge in [-0.05, 0) is 17.7 Å². The minimum absolute atomic E-state index is 0.0125. The van der Waals surface area contributed by atoms with Crippen molar-refractivity contribution >= 4 is 25.8 Å². The van der Waals surface area contributed by atoms with E-state index in [0.29, 0.717) is 0 Å². The molecule has 0 N–H and O–H groups in total. The molecule has 0 heterocycles. The fourth-order valence-corrected chi connectivity index (χ4v) is 3.50. The zero-order chi connectivity index (χ0) is 10.8. The predicted molar refractivity (Wildman–Crippen MR) is 57.8 cm³/mol. The first-order valence-electron chi connectivity index (χ1n) is 3.96. The number of alkyl halides is 1. The van der Waals surface area contributed by atoms with Crippen molar-refractivity contribution in [3.05, 3.63) is 35.6 Å². The Morgan fingerprint density at radius 1 is 1.36 bits per heavy atom. The molecule has 1 aromatic rings. The Kier molecular flexibility index (Phi) is 3.66. The largest absolute Gasteiger partial charge is 0.229 e. The molecule has 78 valence electrons. The van der Waals surface area contributed by atoms with Gasteiger partial charge in [0, 0.05) is 6.26 Å². The molecule has 1 unspecified atom stereocenters. The first kappa shape index (κ1) is 11.7. The smallest absolute Gasteiger partial charge is 0.148 e. The maximum atomic E-state index is 12.6. The van der Waals surface area contributed by atoms with Crippen molar-refractivity contribution in [1.29, 1.82) is 0 Å². The molecule has 1 rings (SSSR count). The topological polar surface area (TPSA) is 34.1 Å². The molecular formula is C9H10BrFO2S. The van der Waals surface area contributed by atoms with Gasteiger partial charge in [0.25, 0.3) is 0 Å². The molecule has 2 nitrogen and oxygen atoms in total. The van der Waals surface area contributed by atoms with Gasteiger partial charge in [0.05, 0.1) is 10.6 Å². The molecule has 1 atom stereocenters. The molecule has 0 radical (unpaired) electrons. The Hall–Kier alpha value is -0.420. The Balaban J connectivity index is 2.80. The van der Waals surface area contributed by atoms with E-state index in [1.165, 1.54) is 18.4 Å². The van der Waals surface area contributed by atoms with E-state index in [2.05, 4.69) is 15.9 Å². The summed E-state index contributed by atoms with van der Waals surface area (Å²) in [7, 11) is -3.02. The molecule has 0 aliphatic rings. The summed E-state index contributed by atoms with van der Waals surface area (Å²) >= 11 is 3.24. The summed E-state index contributed by atoms with van der Waals surface area (Å²) in [6.07, 6.45) is 1.17. The summed E-state index contributed by atoms with van der Waals surface area (Å²) in [5, 5.41) is 0. The molecule has 0 fully saturated rings. The van der Waals surface area contributed by atoms with E-state index >= 15 is 0 Å². The molecule has 14 heavy (non-hydrogen) atoms. The number of hydrogen-bond donors (Lipinski definition) is 0. The van der Waals surface area contributed by atoms with Gasteiger partial charge >= 0.3 is 0 Å². The van der Waals surface area contributed by atoms with Crippen LogP contribution in [-0.2, 0) is 9.84 Å². The molecule has 1 aromatic carbocycles. The van der Waals surface area contributed by atoms with Crippen LogP contribution in [0.3, 0.4) is 0 Å². The van der Waals surface area contributed by atoms with E-state index in [-0.39, 0.29) is 16.4 Å². The third-order valence-corrected chi connectivity index (χ3v) is 3.90. The van der Waals surface area contributed by atoms with Crippen molar-refractivity contribution in [3.63, 3.8) is 0 Å². The van der Waals surface area contributed by atoms with Crippen LogP contribution in [0.25, 0.3) is 0 Å². The fourth-order valence-electron chi connectivity index (χ4n) is 1.03. The molecule has 0 saturated carbocycles. The summed E-state index contributed by atoms with van der Waals surface area (Å²) in [5.41, 5.74) is 0.761. The highest BCUT2D eigenvalue weighted by atomic mass is 79.9. The third-order valence-electron chi connectivity index (χ3n) is 1.68. The van der Waals surface area contributed by atoms with Gasteiger partial charge in [-0.1, -0.05) is 28.1 Å². The summed E-state index contributed by atoms with van der Waals surface area (Å²) in [6.45, 7) is 0. The van der Waals surface area contributed by atoms with E-state index < -0.39 is 9.84 Å². The van der Waals surface area contributed by atoms with E-state index in [4.69, 9.17) is 0 Å². The van der Waals surface area contributed by atoms with Crippen molar-refractivity contribution in [3.8, 4) is 0 Å². The molecule has 0 spiro atoms. The number of sulfone groups is 1. The van der Waals surface area contributed by atoms with Crippen molar-refractivity contribution in [2.75, 3.05) is 12.0 Å². The second kappa shape index (κ2) is 4.40. The van der Waals surface area contributed by atoms with Crippen LogP contribution in [0.2, 0.25) is 0 Å². The van der Waals surface area contributed by atoms with Crippen LogP contribution in [0, 0.1) is 5.82 Å². The average molecular weight is 281 g/mol. The van der Waals surface area contributed by atoms with Gasteiger partial charge in [0.2, 0.25) is 0 Å². The lowest BCUT2D eigenvalue weighted by atomic mass is 10.2. The quantitative estimate of drug-likeness (QED) is 0.797. The summed E-state index contributed by atoms with van der Waals surface area (Å²) in [6, 6.07) is 5.76. The zero-order valence-electron chi connectivity index (χ0n) is 7.57. The Labute approximate surface area is 91.2 Å². The lowest BCUT2D eigenvalue weighted by Gasteiger charge is -2.08. The normalized spacial score (nSPS) is 13.9. The average Bonchev–Trinajstić information content (AvgIpc) is 2.02. The zero-order valence-corrected chi connectivity index (χ0v) is 9.98. The second-order valence-corrected chi connectivity index (χ2v) is 6.40. The molecule has 0 aromatic heterocycles. The van der Waals surface area contributed by atoms with Gasteiger partial charge < -0.3 is 0 Å². The SMILES string of the molecule is CS(=O)(=O)CC(Br)c1ccc(F)cc1. The Morgan fingerprint density at radius 2 is 1.86 bits per heavy atom. The van der Waals surface area contributed by atoms with Crippen molar-refractivity contribution in [2.45, 2.75) is 4.83 Å². The van der Waals surface area contributed by atoms with Crippen LogP contribution in [0.1, 0.15) is 10.4 Å². The summed E-state index contributed by atoms with van der Waals surface area (Å²) in [4.78, 5) is -0.280. The van der Waals surface area contributed by atoms with Gasteiger partial charge in [0.1, 0.15) is 15.7 Å². The Bertz CT molecular complexity index is 399. The first-order chi connectivity index (χ1) is 6.38. The second-order valence-electron chi connectivity index (χ2n) is 3.11. The van der Waals surface area contributed by atoms with Crippen LogP contribution in [0.4, 0.5) is 4.39 Å². The highest BCUT2D eigenvalue weighted by Gasteiger charge is 2.13. The van der Waals surface area contributed by atoms with E-state index in [1.807, 2.05) is 0 Å². The van der Waals surface area contributed by atoms with Gasteiger partial charge in [0.15, 0.2) is 0 Å². The van der Waals surface area contributed by atoms with Gasteiger partial charge in [-0.25, -0.2) is 12.8 Å². The molecule has 0 amide bonds. The van der Waals surface area contributed by atoms with Gasteiger partial charge in [-0.3, -0.25) is 0 Å². The summed E-state index contributed by atoms with van der Waals surface area (Å²) < 4.78 is 34.5.